The number of carbonyl (C=O) groups is 1. The molecule has 1 atom stereocenters. The Morgan fingerprint density at radius 3 is 2.69 bits per heavy atom. The maximum atomic E-state index is 12.9. The van der Waals surface area contributed by atoms with Crippen molar-refractivity contribution in [1.29, 1.82) is 0 Å². The summed E-state index contributed by atoms with van der Waals surface area (Å²) in [5.74, 6) is 0.425. The number of H-pyrrole nitrogens is 1. The predicted molar refractivity (Wildman–Crippen MR) is 103 cm³/mol. The zero-order chi connectivity index (χ0) is 18.3. The molecule has 1 saturated heterocycles. The molecule has 2 heterocycles. The molecule has 1 fully saturated rings. The number of benzene rings is 2. The minimum Gasteiger partial charge on any atom is -0.338 e. The summed E-state index contributed by atoms with van der Waals surface area (Å²) in [5, 5.41) is 0. The van der Waals surface area contributed by atoms with Crippen molar-refractivity contribution in [2.24, 2.45) is 7.05 Å². The van der Waals surface area contributed by atoms with Crippen LogP contribution in [-0.2, 0) is 13.5 Å². The molecular weight excluding hydrogens is 326 g/mol. The van der Waals surface area contributed by atoms with Crippen LogP contribution in [0.15, 0.2) is 47.3 Å². The van der Waals surface area contributed by atoms with Crippen molar-refractivity contribution in [2.75, 3.05) is 13.1 Å². The number of aromatic amines is 1. The molecule has 0 bridgehead atoms. The molecule has 1 amide bonds. The third kappa shape index (κ3) is 2.83. The lowest BCUT2D eigenvalue weighted by Gasteiger charge is -2.17. The van der Waals surface area contributed by atoms with Crippen molar-refractivity contribution in [1.82, 2.24) is 14.5 Å². The van der Waals surface area contributed by atoms with E-state index >= 15 is 0 Å². The monoisotopic (exact) mass is 349 g/mol. The molecular formula is C21H23N3O2. The summed E-state index contributed by atoms with van der Waals surface area (Å²) in [7, 11) is 1.72. The minimum atomic E-state index is -0.165. The first-order chi connectivity index (χ1) is 12.6. The number of hydrogen-bond acceptors (Lipinski definition) is 2. The second-order valence-corrected chi connectivity index (χ2v) is 7.05. The van der Waals surface area contributed by atoms with Crippen molar-refractivity contribution in [2.45, 2.75) is 25.7 Å². The van der Waals surface area contributed by atoms with Gasteiger partial charge in [-0.25, -0.2) is 4.79 Å². The summed E-state index contributed by atoms with van der Waals surface area (Å²) in [5.41, 5.74) is 4.61. The lowest BCUT2D eigenvalue weighted by Crippen LogP contribution is -2.28. The Balaban J connectivity index is 1.52. The van der Waals surface area contributed by atoms with Gasteiger partial charge in [-0.05, 0) is 42.2 Å². The standard InChI is InChI=1S/C21H23N3O2/c1-3-14-4-6-15(7-5-14)17-10-11-24(13-17)20(25)16-8-9-19-18(12-16)22-21(26)23(19)2/h4-9,12,17H,3,10-11,13H2,1-2H3,(H,22,26). The molecule has 5 nitrogen and oxygen atoms in total. The number of fused-ring (bicyclic) bond motifs is 1. The summed E-state index contributed by atoms with van der Waals surface area (Å²) in [6.45, 7) is 3.66. The van der Waals surface area contributed by atoms with Gasteiger partial charge in [-0.15, -0.1) is 0 Å². The van der Waals surface area contributed by atoms with Crippen molar-refractivity contribution < 1.29 is 4.79 Å². The van der Waals surface area contributed by atoms with Crippen LogP contribution in [0.3, 0.4) is 0 Å². The topological polar surface area (TPSA) is 58.1 Å². The first kappa shape index (κ1) is 16.6. The third-order valence-corrected chi connectivity index (χ3v) is 5.49. The Labute approximate surface area is 152 Å². The molecule has 1 unspecified atom stereocenters. The van der Waals surface area contributed by atoms with Gasteiger partial charge in [0.05, 0.1) is 11.0 Å². The van der Waals surface area contributed by atoms with Gasteiger partial charge in [0.15, 0.2) is 0 Å². The Kier molecular flexibility index (Phi) is 4.15. The molecule has 3 aromatic rings. The van der Waals surface area contributed by atoms with E-state index in [2.05, 4.69) is 36.2 Å². The average molecular weight is 349 g/mol. The van der Waals surface area contributed by atoms with Crippen LogP contribution in [0.5, 0.6) is 0 Å². The molecule has 0 aliphatic carbocycles. The number of imidazole rings is 1. The van der Waals surface area contributed by atoms with Crippen LogP contribution in [0.1, 0.15) is 40.7 Å². The molecule has 0 saturated carbocycles. The van der Waals surface area contributed by atoms with Crippen LogP contribution in [0, 0.1) is 0 Å². The van der Waals surface area contributed by atoms with Crippen molar-refractivity contribution in [3.8, 4) is 0 Å². The van der Waals surface area contributed by atoms with E-state index in [1.54, 1.807) is 23.7 Å². The SMILES string of the molecule is CCc1ccc(C2CCN(C(=O)c3ccc4c(c3)[nH]c(=O)n4C)C2)cc1. The molecule has 1 aliphatic rings. The summed E-state index contributed by atoms with van der Waals surface area (Å²) in [4.78, 5) is 29.3. The lowest BCUT2D eigenvalue weighted by atomic mass is 9.97. The second kappa shape index (κ2) is 6.48. The number of aryl methyl sites for hydroxylation is 2. The van der Waals surface area contributed by atoms with Crippen LogP contribution < -0.4 is 5.69 Å². The predicted octanol–water partition coefficient (Wildman–Crippen LogP) is 3.06. The average Bonchev–Trinajstić information content (AvgIpc) is 3.26. The highest BCUT2D eigenvalue weighted by molar-refractivity contribution is 5.97. The number of aromatic nitrogens is 2. The molecule has 0 spiro atoms. The van der Waals surface area contributed by atoms with Gasteiger partial charge in [0.2, 0.25) is 0 Å². The fourth-order valence-electron chi connectivity index (χ4n) is 3.80. The fraction of sp³-hybridized carbons (Fsp3) is 0.333. The third-order valence-electron chi connectivity index (χ3n) is 5.49. The lowest BCUT2D eigenvalue weighted by molar-refractivity contribution is 0.0791. The summed E-state index contributed by atoms with van der Waals surface area (Å²) in [6.07, 6.45) is 2.03. The quantitative estimate of drug-likeness (QED) is 0.790. The van der Waals surface area contributed by atoms with E-state index in [0.29, 0.717) is 17.0 Å². The van der Waals surface area contributed by atoms with Gasteiger partial charge < -0.3 is 9.88 Å². The molecule has 1 aliphatic heterocycles. The van der Waals surface area contributed by atoms with E-state index in [-0.39, 0.29) is 11.6 Å². The van der Waals surface area contributed by atoms with E-state index < -0.39 is 0 Å². The molecule has 0 radical (unpaired) electrons. The minimum absolute atomic E-state index is 0.0317. The van der Waals surface area contributed by atoms with Gasteiger partial charge in [-0.3, -0.25) is 9.36 Å². The number of nitrogens with zero attached hydrogens (tertiary/aromatic N) is 2. The van der Waals surface area contributed by atoms with Gasteiger partial charge in [0, 0.05) is 31.6 Å². The zero-order valence-corrected chi connectivity index (χ0v) is 15.2. The largest absolute Gasteiger partial charge is 0.338 e. The number of nitrogens with one attached hydrogen (secondary N) is 1. The number of likely N-dealkylation sites (tertiary alicyclic amines) is 1. The fourth-order valence-corrected chi connectivity index (χ4v) is 3.80. The number of rotatable bonds is 3. The molecule has 134 valence electrons. The van der Waals surface area contributed by atoms with Crippen LogP contribution >= 0.6 is 0 Å². The van der Waals surface area contributed by atoms with Crippen molar-refractivity contribution in [3.63, 3.8) is 0 Å². The van der Waals surface area contributed by atoms with Crippen LogP contribution in [0.4, 0.5) is 0 Å². The smallest absolute Gasteiger partial charge is 0.326 e. The van der Waals surface area contributed by atoms with E-state index in [1.165, 1.54) is 11.1 Å². The van der Waals surface area contributed by atoms with E-state index in [9.17, 15) is 9.59 Å². The normalized spacial score (nSPS) is 17.2. The van der Waals surface area contributed by atoms with Crippen molar-refractivity contribution >= 4 is 16.9 Å². The summed E-state index contributed by atoms with van der Waals surface area (Å²) >= 11 is 0. The molecule has 2 aromatic carbocycles. The first-order valence-electron chi connectivity index (χ1n) is 9.13. The molecule has 26 heavy (non-hydrogen) atoms. The molecule has 4 rings (SSSR count). The zero-order valence-electron chi connectivity index (χ0n) is 15.2. The Bertz CT molecular complexity index is 1010. The van der Waals surface area contributed by atoms with Crippen LogP contribution in [-0.4, -0.2) is 33.4 Å². The van der Waals surface area contributed by atoms with Gasteiger partial charge in [-0.1, -0.05) is 31.2 Å². The highest BCUT2D eigenvalue weighted by atomic mass is 16.2. The maximum Gasteiger partial charge on any atom is 0.326 e. The first-order valence-corrected chi connectivity index (χ1v) is 9.13. The van der Waals surface area contributed by atoms with Gasteiger partial charge in [0.1, 0.15) is 0 Å². The van der Waals surface area contributed by atoms with E-state index in [1.807, 2.05) is 11.0 Å². The summed E-state index contributed by atoms with van der Waals surface area (Å²) < 4.78 is 1.55. The van der Waals surface area contributed by atoms with Gasteiger partial charge >= 0.3 is 5.69 Å². The number of carbonyl (C=O) groups excluding carboxylic acids is 1. The Morgan fingerprint density at radius 2 is 1.96 bits per heavy atom. The van der Waals surface area contributed by atoms with Gasteiger partial charge in [0.25, 0.3) is 5.91 Å². The van der Waals surface area contributed by atoms with Crippen LogP contribution in [0.25, 0.3) is 11.0 Å². The van der Waals surface area contributed by atoms with E-state index in [0.717, 1.165) is 31.4 Å². The Morgan fingerprint density at radius 1 is 1.19 bits per heavy atom. The second-order valence-electron chi connectivity index (χ2n) is 7.05. The number of amides is 1. The number of hydrogen-bond donors (Lipinski definition) is 1. The van der Waals surface area contributed by atoms with Gasteiger partial charge in [-0.2, -0.15) is 0 Å². The summed E-state index contributed by atoms with van der Waals surface area (Å²) in [6, 6.07) is 14.2. The maximum absolute atomic E-state index is 12.9. The highest BCUT2D eigenvalue weighted by Gasteiger charge is 2.28. The molecule has 1 N–H and O–H groups in total. The highest BCUT2D eigenvalue weighted by Crippen LogP contribution is 2.28. The molecule has 1 aromatic heterocycles. The molecule has 5 heteroatoms. The van der Waals surface area contributed by atoms with Crippen molar-refractivity contribution in [3.05, 3.63) is 69.6 Å². The Hall–Kier alpha value is -2.82. The van der Waals surface area contributed by atoms with Crippen LogP contribution in [0.2, 0.25) is 0 Å². The van der Waals surface area contributed by atoms with E-state index in [4.69, 9.17) is 0 Å².